The van der Waals surface area contributed by atoms with E-state index in [-0.39, 0.29) is 11.7 Å². The lowest BCUT2D eigenvalue weighted by Crippen LogP contribution is -2.13. The fourth-order valence-corrected chi connectivity index (χ4v) is 1.72. The monoisotopic (exact) mass is 263 g/mol. The van der Waals surface area contributed by atoms with Crippen LogP contribution in [0.5, 0.6) is 0 Å². The van der Waals surface area contributed by atoms with Crippen LogP contribution in [-0.2, 0) is 6.54 Å². The predicted octanol–water partition coefficient (Wildman–Crippen LogP) is 3.35. The standard InChI is InChI=1S/C10H9ClF3N3/c1-6-7-2-3-8(11)15-9(7)17(16-6)5-4-10(12,13)14/h2-3H,4-5H2,1H3. The van der Waals surface area contributed by atoms with E-state index in [0.717, 1.165) is 5.39 Å². The van der Waals surface area contributed by atoms with Crippen LogP contribution in [0.2, 0.25) is 5.15 Å². The Morgan fingerprint density at radius 3 is 2.71 bits per heavy atom. The van der Waals surface area contributed by atoms with Crippen molar-refractivity contribution in [2.24, 2.45) is 0 Å². The molecule has 0 atom stereocenters. The summed E-state index contributed by atoms with van der Waals surface area (Å²) >= 11 is 5.72. The zero-order valence-electron chi connectivity index (χ0n) is 8.92. The second kappa shape index (κ2) is 4.18. The molecule has 0 saturated heterocycles. The van der Waals surface area contributed by atoms with E-state index in [0.29, 0.717) is 11.3 Å². The van der Waals surface area contributed by atoms with Gasteiger partial charge < -0.3 is 0 Å². The summed E-state index contributed by atoms with van der Waals surface area (Å²) in [7, 11) is 0. The summed E-state index contributed by atoms with van der Waals surface area (Å²) in [5.41, 5.74) is 1.03. The first-order valence-corrected chi connectivity index (χ1v) is 5.31. The van der Waals surface area contributed by atoms with Gasteiger partial charge in [-0.25, -0.2) is 9.67 Å². The van der Waals surface area contributed by atoms with Gasteiger partial charge in [-0.2, -0.15) is 18.3 Å². The molecule has 0 bridgehead atoms. The van der Waals surface area contributed by atoms with Crippen LogP contribution in [0.4, 0.5) is 13.2 Å². The van der Waals surface area contributed by atoms with Gasteiger partial charge >= 0.3 is 6.18 Å². The van der Waals surface area contributed by atoms with Crippen molar-refractivity contribution in [1.82, 2.24) is 14.8 Å². The van der Waals surface area contributed by atoms with Crippen molar-refractivity contribution in [3.63, 3.8) is 0 Å². The normalized spacial score (nSPS) is 12.3. The summed E-state index contributed by atoms with van der Waals surface area (Å²) < 4.78 is 37.7. The topological polar surface area (TPSA) is 30.7 Å². The van der Waals surface area contributed by atoms with Gasteiger partial charge in [-0.3, -0.25) is 0 Å². The highest BCUT2D eigenvalue weighted by Gasteiger charge is 2.27. The molecule has 7 heteroatoms. The molecule has 0 spiro atoms. The Morgan fingerprint density at radius 1 is 1.35 bits per heavy atom. The van der Waals surface area contributed by atoms with Gasteiger partial charge in [0.2, 0.25) is 0 Å². The van der Waals surface area contributed by atoms with E-state index in [9.17, 15) is 13.2 Å². The molecule has 0 N–H and O–H groups in total. The summed E-state index contributed by atoms with van der Waals surface area (Å²) in [5, 5.41) is 4.99. The van der Waals surface area contributed by atoms with Crippen molar-refractivity contribution in [1.29, 1.82) is 0 Å². The predicted molar refractivity (Wildman–Crippen MR) is 57.9 cm³/mol. The smallest absolute Gasteiger partial charge is 0.247 e. The Hall–Kier alpha value is -1.30. The quantitative estimate of drug-likeness (QED) is 0.778. The number of fused-ring (bicyclic) bond motifs is 1. The molecule has 0 radical (unpaired) electrons. The Balaban J connectivity index is 2.37. The third kappa shape index (κ3) is 2.69. The lowest BCUT2D eigenvalue weighted by molar-refractivity contribution is -0.137. The molecule has 0 aliphatic heterocycles. The molecule has 17 heavy (non-hydrogen) atoms. The lowest BCUT2D eigenvalue weighted by Gasteiger charge is -2.06. The lowest BCUT2D eigenvalue weighted by atomic mass is 10.3. The number of hydrogen-bond donors (Lipinski definition) is 0. The van der Waals surface area contributed by atoms with Gasteiger partial charge in [-0.1, -0.05) is 11.6 Å². The molecule has 3 nitrogen and oxygen atoms in total. The Kier molecular flexibility index (Phi) is 2.99. The Labute approximate surface area is 100 Å². The minimum Gasteiger partial charge on any atom is -0.247 e. The van der Waals surface area contributed by atoms with Gasteiger partial charge in [0.05, 0.1) is 18.7 Å². The minimum atomic E-state index is -4.20. The first-order valence-electron chi connectivity index (χ1n) is 4.93. The van der Waals surface area contributed by atoms with E-state index in [2.05, 4.69) is 10.1 Å². The molecule has 0 aliphatic carbocycles. The third-order valence-electron chi connectivity index (χ3n) is 2.35. The first kappa shape index (κ1) is 12.2. The second-order valence-corrected chi connectivity index (χ2v) is 4.07. The molecule has 0 aliphatic rings. The number of aromatic nitrogens is 3. The molecular formula is C10H9ClF3N3. The molecule has 0 fully saturated rings. The van der Waals surface area contributed by atoms with Crippen molar-refractivity contribution in [2.45, 2.75) is 26.1 Å². The summed E-state index contributed by atoms with van der Waals surface area (Å²) in [6, 6.07) is 3.30. The number of hydrogen-bond acceptors (Lipinski definition) is 2. The molecular weight excluding hydrogens is 255 g/mol. The maximum Gasteiger partial charge on any atom is 0.390 e. The average molecular weight is 264 g/mol. The van der Waals surface area contributed by atoms with Gasteiger partial charge in [0, 0.05) is 5.39 Å². The van der Waals surface area contributed by atoms with E-state index >= 15 is 0 Å². The van der Waals surface area contributed by atoms with Gasteiger partial charge in [0.1, 0.15) is 5.15 Å². The van der Waals surface area contributed by atoms with Crippen LogP contribution in [-0.4, -0.2) is 20.9 Å². The molecule has 2 aromatic rings. The zero-order valence-corrected chi connectivity index (χ0v) is 9.68. The summed E-state index contributed by atoms with van der Waals surface area (Å²) in [5.74, 6) is 0. The van der Waals surface area contributed by atoms with Crippen LogP contribution in [0.3, 0.4) is 0 Å². The molecule has 0 amide bonds. The van der Waals surface area contributed by atoms with E-state index in [1.54, 1.807) is 19.1 Å². The molecule has 0 saturated carbocycles. The number of aryl methyl sites for hydroxylation is 2. The highest BCUT2D eigenvalue weighted by molar-refractivity contribution is 6.29. The van der Waals surface area contributed by atoms with Gasteiger partial charge in [-0.15, -0.1) is 0 Å². The van der Waals surface area contributed by atoms with Crippen molar-refractivity contribution < 1.29 is 13.2 Å². The molecule has 2 rings (SSSR count). The third-order valence-corrected chi connectivity index (χ3v) is 2.56. The minimum absolute atomic E-state index is 0.241. The van der Waals surface area contributed by atoms with E-state index in [4.69, 9.17) is 11.6 Å². The average Bonchev–Trinajstić information content (AvgIpc) is 2.51. The summed E-state index contributed by atoms with van der Waals surface area (Å²) in [6.07, 6.45) is -5.14. The molecule has 2 aromatic heterocycles. The number of nitrogens with zero attached hydrogens (tertiary/aromatic N) is 3. The fraction of sp³-hybridized carbons (Fsp3) is 0.400. The van der Waals surface area contributed by atoms with Crippen molar-refractivity contribution in [3.8, 4) is 0 Å². The van der Waals surface area contributed by atoms with Crippen LogP contribution >= 0.6 is 11.6 Å². The van der Waals surface area contributed by atoms with E-state index in [1.165, 1.54) is 4.68 Å². The maximum absolute atomic E-state index is 12.1. The molecule has 0 unspecified atom stereocenters. The van der Waals surface area contributed by atoms with Crippen molar-refractivity contribution in [3.05, 3.63) is 23.0 Å². The molecule has 92 valence electrons. The SMILES string of the molecule is Cc1nn(CCC(F)(F)F)c2nc(Cl)ccc12. The van der Waals surface area contributed by atoms with Gasteiger partial charge in [-0.05, 0) is 19.1 Å². The summed E-state index contributed by atoms with van der Waals surface area (Å²) in [6.45, 7) is 1.48. The van der Waals surface area contributed by atoms with Crippen molar-refractivity contribution >= 4 is 22.6 Å². The second-order valence-electron chi connectivity index (χ2n) is 3.68. The van der Waals surface area contributed by atoms with Crippen LogP contribution < -0.4 is 0 Å². The Bertz CT molecular complexity index is 547. The number of alkyl halides is 3. The molecule has 2 heterocycles. The molecule has 0 aromatic carbocycles. The highest BCUT2D eigenvalue weighted by Crippen LogP contribution is 2.23. The first-order chi connectivity index (χ1) is 7.87. The van der Waals surface area contributed by atoms with E-state index in [1.807, 2.05) is 0 Å². The van der Waals surface area contributed by atoms with E-state index < -0.39 is 12.6 Å². The highest BCUT2D eigenvalue weighted by atomic mass is 35.5. The van der Waals surface area contributed by atoms with Gasteiger partial charge in [0.25, 0.3) is 0 Å². The van der Waals surface area contributed by atoms with Gasteiger partial charge in [0.15, 0.2) is 5.65 Å². The largest absolute Gasteiger partial charge is 0.390 e. The Morgan fingerprint density at radius 2 is 2.06 bits per heavy atom. The van der Waals surface area contributed by atoms with Crippen LogP contribution in [0, 0.1) is 6.92 Å². The number of halogens is 4. The fourth-order valence-electron chi connectivity index (χ4n) is 1.58. The van der Waals surface area contributed by atoms with Crippen molar-refractivity contribution in [2.75, 3.05) is 0 Å². The number of rotatable bonds is 2. The number of pyridine rings is 1. The zero-order chi connectivity index (χ0) is 12.6. The van der Waals surface area contributed by atoms with Crippen LogP contribution in [0.15, 0.2) is 12.1 Å². The summed E-state index contributed by atoms with van der Waals surface area (Å²) in [4.78, 5) is 4.00. The van der Waals surface area contributed by atoms with Crippen LogP contribution in [0.25, 0.3) is 11.0 Å². The maximum atomic E-state index is 12.1. The van der Waals surface area contributed by atoms with Crippen LogP contribution in [0.1, 0.15) is 12.1 Å².